The van der Waals surface area contributed by atoms with Gasteiger partial charge in [-0.15, -0.1) is 11.3 Å². The zero-order chi connectivity index (χ0) is 8.55. The van der Waals surface area contributed by atoms with Crippen molar-refractivity contribution in [3.63, 3.8) is 0 Å². The molecule has 0 aliphatic carbocycles. The molecule has 2 nitrogen and oxygen atoms in total. The van der Waals surface area contributed by atoms with Crippen LogP contribution in [0.2, 0.25) is 0 Å². The van der Waals surface area contributed by atoms with Crippen LogP contribution in [0, 0.1) is 6.92 Å². The average molecular weight is 183 g/mol. The quantitative estimate of drug-likeness (QED) is 0.718. The fourth-order valence-corrected chi connectivity index (χ4v) is 2.80. The summed E-state index contributed by atoms with van der Waals surface area (Å²) in [6.07, 6.45) is 1.22. The van der Waals surface area contributed by atoms with E-state index in [2.05, 4.69) is 12.3 Å². The molecule has 0 fully saturated rings. The zero-order valence-corrected chi connectivity index (χ0v) is 7.99. The van der Waals surface area contributed by atoms with E-state index in [1.165, 1.54) is 16.0 Å². The minimum atomic E-state index is 0.160. The van der Waals surface area contributed by atoms with Crippen molar-refractivity contribution in [2.75, 3.05) is 13.2 Å². The van der Waals surface area contributed by atoms with Crippen molar-refractivity contribution in [3.8, 4) is 0 Å². The third kappa shape index (κ3) is 1.18. The smallest absolute Gasteiger partial charge is 0.104 e. The lowest BCUT2D eigenvalue weighted by Crippen LogP contribution is -2.21. The van der Waals surface area contributed by atoms with Gasteiger partial charge >= 0.3 is 0 Å². The molecule has 0 spiro atoms. The summed E-state index contributed by atoms with van der Waals surface area (Å²) >= 11 is 1.78. The van der Waals surface area contributed by atoms with E-state index in [1.54, 1.807) is 11.3 Å². The predicted octanol–water partition coefficient (Wildman–Crippen LogP) is 1.63. The van der Waals surface area contributed by atoms with Gasteiger partial charge in [0.15, 0.2) is 0 Å². The Kier molecular flexibility index (Phi) is 2.17. The first-order chi connectivity index (χ1) is 5.83. The van der Waals surface area contributed by atoms with Gasteiger partial charge < -0.3 is 10.5 Å². The van der Waals surface area contributed by atoms with Gasteiger partial charge in [-0.05, 0) is 29.9 Å². The molecule has 1 aliphatic heterocycles. The van der Waals surface area contributed by atoms with Crippen molar-refractivity contribution >= 4 is 11.3 Å². The van der Waals surface area contributed by atoms with Crippen LogP contribution in [0.5, 0.6) is 0 Å². The molecular formula is C9H13NOS. The Hall–Kier alpha value is -0.380. The maximum Gasteiger partial charge on any atom is 0.104 e. The predicted molar refractivity (Wildman–Crippen MR) is 50.5 cm³/mol. The fraction of sp³-hybridized carbons (Fsp3) is 0.556. The average Bonchev–Trinajstić information content (AvgIpc) is 2.48. The first-order valence-corrected chi connectivity index (χ1v) is 5.09. The van der Waals surface area contributed by atoms with Crippen molar-refractivity contribution in [2.45, 2.75) is 19.4 Å². The molecule has 1 atom stereocenters. The standard InChI is InChI=1S/C9H13NOS/c1-6-5-12-9-7(6)2-3-11-8(9)4-10/h5,8H,2-4,10H2,1H3. The molecule has 12 heavy (non-hydrogen) atoms. The Morgan fingerprint density at radius 2 is 2.58 bits per heavy atom. The van der Waals surface area contributed by atoms with Crippen molar-refractivity contribution in [1.82, 2.24) is 0 Å². The van der Waals surface area contributed by atoms with E-state index >= 15 is 0 Å². The highest BCUT2D eigenvalue weighted by molar-refractivity contribution is 7.10. The minimum Gasteiger partial charge on any atom is -0.371 e. The van der Waals surface area contributed by atoms with Gasteiger partial charge in [-0.25, -0.2) is 0 Å². The van der Waals surface area contributed by atoms with Crippen LogP contribution >= 0.6 is 11.3 Å². The number of thiophene rings is 1. The third-order valence-corrected chi connectivity index (χ3v) is 3.55. The second-order valence-corrected chi connectivity index (χ2v) is 4.02. The van der Waals surface area contributed by atoms with E-state index in [1.807, 2.05) is 0 Å². The summed E-state index contributed by atoms with van der Waals surface area (Å²) < 4.78 is 5.55. The zero-order valence-electron chi connectivity index (χ0n) is 7.17. The number of ether oxygens (including phenoxy) is 1. The number of hydrogen-bond acceptors (Lipinski definition) is 3. The maximum absolute atomic E-state index is 5.61. The second-order valence-electron chi connectivity index (χ2n) is 3.11. The molecule has 3 heteroatoms. The summed E-state index contributed by atoms with van der Waals surface area (Å²) in [5.74, 6) is 0. The molecule has 0 amide bonds. The van der Waals surface area contributed by atoms with Gasteiger partial charge in [0.2, 0.25) is 0 Å². The Balaban J connectivity index is 2.38. The van der Waals surface area contributed by atoms with E-state index in [9.17, 15) is 0 Å². The molecule has 0 bridgehead atoms. The topological polar surface area (TPSA) is 35.2 Å². The lowest BCUT2D eigenvalue weighted by atomic mass is 10.0. The first-order valence-electron chi connectivity index (χ1n) is 4.21. The van der Waals surface area contributed by atoms with Crippen LogP contribution in [0.4, 0.5) is 0 Å². The van der Waals surface area contributed by atoms with Crippen molar-refractivity contribution in [3.05, 3.63) is 21.4 Å². The summed E-state index contributed by atoms with van der Waals surface area (Å²) in [5, 5.41) is 2.20. The van der Waals surface area contributed by atoms with Gasteiger partial charge in [0.25, 0.3) is 0 Å². The monoisotopic (exact) mass is 183 g/mol. The van der Waals surface area contributed by atoms with Gasteiger partial charge in [0.05, 0.1) is 6.61 Å². The van der Waals surface area contributed by atoms with E-state index in [4.69, 9.17) is 10.5 Å². The minimum absolute atomic E-state index is 0.160. The summed E-state index contributed by atoms with van der Waals surface area (Å²) in [4.78, 5) is 1.35. The number of fused-ring (bicyclic) bond motifs is 1. The Morgan fingerprint density at radius 3 is 3.33 bits per heavy atom. The van der Waals surface area contributed by atoms with E-state index in [0.29, 0.717) is 6.54 Å². The van der Waals surface area contributed by atoms with Crippen LogP contribution < -0.4 is 5.73 Å². The van der Waals surface area contributed by atoms with Crippen LogP contribution in [-0.2, 0) is 11.2 Å². The van der Waals surface area contributed by atoms with E-state index in [0.717, 1.165) is 13.0 Å². The van der Waals surface area contributed by atoms with Gasteiger partial charge in [-0.3, -0.25) is 0 Å². The normalized spacial score (nSPS) is 22.3. The lowest BCUT2D eigenvalue weighted by molar-refractivity contribution is 0.0514. The molecule has 1 aromatic rings. The van der Waals surface area contributed by atoms with Crippen LogP contribution in [0.1, 0.15) is 22.1 Å². The Bertz CT molecular complexity index is 282. The van der Waals surface area contributed by atoms with Gasteiger partial charge in [0.1, 0.15) is 6.10 Å². The highest BCUT2D eigenvalue weighted by Gasteiger charge is 2.22. The molecular weight excluding hydrogens is 170 g/mol. The second kappa shape index (κ2) is 3.17. The van der Waals surface area contributed by atoms with Crippen LogP contribution in [0.25, 0.3) is 0 Å². The lowest BCUT2D eigenvalue weighted by Gasteiger charge is -2.22. The highest BCUT2D eigenvalue weighted by atomic mass is 32.1. The van der Waals surface area contributed by atoms with E-state index < -0.39 is 0 Å². The molecule has 66 valence electrons. The van der Waals surface area contributed by atoms with Gasteiger partial charge in [-0.1, -0.05) is 0 Å². The fourth-order valence-electron chi connectivity index (χ4n) is 1.63. The highest BCUT2D eigenvalue weighted by Crippen LogP contribution is 2.33. The summed E-state index contributed by atoms with van der Waals surface area (Å²) in [5.41, 5.74) is 8.48. The molecule has 1 aromatic heterocycles. The molecule has 0 radical (unpaired) electrons. The van der Waals surface area contributed by atoms with Crippen molar-refractivity contribution in [1.29, 1.82) is 0 Å². The number of rotatable bonds is 1. The van der Waals surface area contributed by atoms with Gasteiger partial charge in [0, 0.05) is 11.4 Å². The van der Waals surface area contributed by atoms with Crippen molar-refractivity contribution < 1.29 is 4.74 Å². The molecule has 2 N–H and O–H groups in total. The van der Waals surface area contributed by atoms with Crippen molar-refractivity contribution in [2.24, 2.45) is 5.73 Å². The SMILES string of the molecule is Cc1csc2c1CCOC2CN. The largest absolute Gasteiger partial charge is 0.371 e. The van der Waals surface area contributed by atoms with E-state index in [-0.39, 0.29) is 6.10 Å². The molecule has 0 saturated carbocycles. The number of hydrogen-bond donors (Lipinski definition) is 1. The van der Waals surface area contributed by atoms with Gasteiger partial charge in [-0.2, -0.15) is 0 Å². The van der Waals surface area contributed by atoms with Crippen LogP contribution in [0.3, 0.4) is 0 Å². The first kappa shape index (κ1) is 8.23. The van der Waals surface area contributed by atoms with Crippen LogP contribution in [-0.4, -0.2) is 13.2 Å². The molecule has 1 aliphatic rings. The number of aryl methyl sites for hydroxylation is 1. The summed E-state index contributed by atoms with van der Waals surface area (Å²) in [7, 11) is 0. The maximum atomic E-state index is 5.61. The third-order valence-electron chi connectivity index (χ3n) is 2.31. The number of nitrogens with two attached hydrogens (primary N) is 1. The summed E-state index contributed by atoms with van der Waals surface area (Å²) in [6, 6.07) is 0. The molecule has 1 unspecified atom stereocenters. The molecule has 2 rings (SSSR count). The molecule has 0 saturated heterocycles. The molecule has 2 heterocycles. The Labute approximate surface area is 76.3 Å². The molecule has 0 aromatic carbocycles. The Morgan fingerprint density at radius 1 is 1.75 bits per heavy atom. The van der Waals surface area contributed by atoms with Crippen LogP contribution in [0.15, 0.2) is 5.38 Å². The summed E-state index contributed by atoms with van der Waals surface area (Å²) in [6.45, 7) is 3.59.